The van der Waals surface area contributed by atoms with Gasteiger partial charge in [0.1, 0.15) is 0 Å². The minimum atomic E-state index is -0.499. The van der Waals surface area contributed by atoms with Crippen LogP contribution in [0, 0.1) is 30.9 Å². The number of amides is 1. The lowest BCUT2D eigenvalue weighted by atomic mass is 10.1. The highest BCUT2D eigenvalue weighted by atomic mass is 32.1. The summed E-state index contributed by atoms with van der Waals surface area (Å²) in [5.74, 6) is -0.415. The van der Waals surface area contributed by atoms with Gasteiger partial charge >= 0.3 is 0 Å². The number of thiophene rings is 1. The van der Waals surface area contributed by atoms with Crippen molar-refractivity contribution < 1.29 is 14.2 Å². The van der Waals surface area contributed by atoms with E-state index in [-0.39, 0.29) is 11.4 Å². The maximum absolute atomic E-state index is 13.1. The van der Waals surface area contributed by atoms with E-state index in [0.717, 1.165) is 9.75 Å². The third-order valence-corrected chi connectivity index (χ3v) is 5.56. The van der Waals surface area contributed by atoms with Crippen LogP contribution in [0.25, 0.3) is 21.7 Å². The Morgan fingerprint density at radius 2 is 1.97 bits per heavy atom. The summed E-state index contributed by atoms with van der Waals surface area (Å²) in [6.07, 6.45) is 0. The molecule has 1 amide bonds. The Bertz CT molecular complexity index is 1270. The second kappa shape index (κ2) is 7.10. The minimum absolute atomic E-state index is 0.0957. The van der Waals surface area contributed by atoms with E-state index in [1.807, 2.05) is 19.1 Å². The third kappa shape index (κ3) is 3.47. The van der Waals surface area contributed by atoms with Crippen molar-refractivity contribution in [3.8, 4) is 10.6 Å². The smallest absolute Gasteiger partial charge is 0.271 e. The second-order valence-corrected chi connectivity index (χ2v) is 7.91. The number of carbonyl (C=O) groups is 1. The molecule has 0 bridgehead atoms. The van der Waals surface area contributed by atoms with Gasteiger partial charge in [-0.25, -0.2) is 4.98 Å². The highest BCUT2D eigenvalue weighted by Gasteiger charge is 2.21. The monoisotopic (exact) mass is 408 g/mol. The molecule has 1 N–H and O–H groups in total. The number of benzene rings is 1. The minimum Gasteiger partial charge on any atom is -0.335 e. The largest absolute Gasteiger partial charge is 0.335 e. The molecule has 0 aliphatic carbocycles. The molecule has 3 aromatic heterocycles. The van der Waals surface area contributed by atoms with E-state index in [1.54, 1.807) is 37.3 Å². The van der Waals surface area contributed by atoms with Crippen LogP contribution in [-0.4, -0.2) is 21.0 Å². The lowest BCUT2D eigenvalue weighted by Crippen LogP contribution is -2.14. The van der Waals surface area contributed by atoms with E-state index in [2.05, 4.69) is 15.5 Å². The van der Waals surface area contributed by atoms with Gasteiger partial charge in [-0.1, -0.05) is 11.2 Å². The van der Waals surface area contributed by atoms with Crippen molar-refractivity contribution in [3.05, 3.63) is 68.2 Å². The summed E-state index contributed by atoms with van der Waals surface area (Å²) in [5.41, 5.74) is 2.76. The molecule has 0 saturated heterocycles. The van der Waals surface area contributed by atoms with Gasteiger partial charge in [0.25, 0.3) is 17.3 Å². The molecule has 0 aliphatic rings. The number of aromatic nitrogens is 2. The first-order valence-corrected chi connectivity index (χ1v) is 9.55. The number of fused-ring (bicyclic) bond motifs is 1. The van der Waals surface area contributed by atoms with Crippen LogP contribution in [0.5, 0.6) is 0 Å². The number of nitrogens with zero attached hydrogens (tertiary/aromatic N) is 3. The van der Waals surface area contributed by atoms with Gasteiger partial charge in [-0.3, -0.25) is 14.9 Å². The highest BCUT2D eigenvalue weighted by Crippen LogP contribution is 2.32. The van der Waals surface area contributed by atoms with Gasteiger partial charge in [-0.15, -0.1) is 11.3 Å². The SMILES string of the molecule is Cc1ccc(-c2cc(C(=O)Nc3cc([N+](=O)[O-])ccc3C)c3c(C)noc3n2)s1. The Morgan fingerprint density at radius 1 is 1.17 bits per heavy atom. The number of rotatable bonds is 4. The summed E-state index contributed by atoms with van der Waals surface area (Å²) >= 11 is 1.56. The van der Waals surface area contributed by atoms with E-state index < -0.39 is 10.8 Å². The average Bonchev–Trinajstić information content (AvgIpc) is 3.28. The van der Waals surface area contributed by atoms with Gasteiger partial charge in [0, 0.05) is 17.0 Å². The fourth-order valence-corrected chi connectivity index (χ4v) is 3.85. The van der Waals surface area contributed by atoms with Crippen LogP contribution >= 0.6 is 11.3 Å². The van der Waals surface area contributed by atoms with E-state index in [9.17, 15) is 14.9 Å². The topological polar surface area (TPSA) is 111 Å². The third-order valence-electron chi connectivity index (χ3n) is 4.53. The van der Waals surface area contributed by atoms with E-state index >= 15 is 0 Å². The van der Waals surface area contributed by atoms with Crippen LogP contribution < -0.4 is 5.32 Å². The number of non-ortho nitro benzene ring substituents is 1. The van der Waals surface area contributed by atoms with Gasteiger partial charge in [-0.2, -0.15) is 0 Å². The lowest BCUT2D eigenvalue weighted by Gasteiger charge is -2.10. The van der Waals surface area contributed by atoms with Crippen molar-refractivity contribution in [1.82, 2.24) is 10.1 Å². The zero-order valence-electron chi connectivity index (χ0n) is 15.8. The summed E-state index contributed by atoms with van der Waals surface area (Å²) in [4.78, 5) is 30.2. The van der Waals surface area contributed by atoms with Gasteiger partial charge < -0.3 is 9.84 Å². The molecule has 0 radical (unpaired) electrons. The summed E-state index contributed by atoms with van der Waals surface area (Å²) < 4.78 is 5.31. The molecule has 8 nitrogen and oxygen atoms in total. The number of aryl methyl sites for hydroxylation is 3. The van der Waals surface area contributed by atoms with E-state index in [4.69, 9.17) is 4.52 Å². The molecule has 3 heterocycles. The number of nitrogens with one attached hydrogen (secondary N) is 1. The summed E-state index contributed by atoms with van der Waals surface area (Å²) in [6.45, 7) is 5.49. The molecule has 9 heteroatoms. The fraction of sp³-hybridized carbons (Fsp3) is 0.150. The number of pyridine rings is 1. The molecule has 0 aliphatic heterocycles. The molecule has 146 valence electrons. The van der Waals surface area contributed by atoms with Crippen molar-refractivity contribution in [1.29, 1.82) is 0 Å². The van der Waals surface area contributed by atoms with Crippen molar-refractivity contribution in [2.24, 2.45) is 0 Å². The molecule has 4 aromatic rings. The first-order valence-electron chi connectivity index (χ1n) is 8.73. The first-order chi connectivity index (χ1) is 13.8. The van der Waals surface area contributed by atoms with Gasteiger partial charge in [0.15, 0.2) is 0 Å². The van der Waals surface area contributed by atoms with Crippen LogP contribution in [0.4, 0.5) is 11.4 Å². The van der Waals surface area contributed by atoms with Crippen LogP contribution in [0.3, 0.4) is 0 Å². The number of anilines is 1. The first kappa shape index (κ1) is 18.8. The molecular formula is C20H16N4O4S. The Morgan fingerprint density at radius 3 is 2.66 bits per heavy atom. The molecule has 29 heavy (non-hydrogen) atoms. The Labute approximate surface area is 169 Å². The highest BCUT2D eigenvalue weighted by molar-refractivity contribution is 7.15. The van der Waals surface area contributed by atoms with Gasteiger partial charge in [-0.05, 0) is 44.5 Å². The predicted molar refractivity (Wildman–Crippen MR) is 110 cm³/mol. The predicted octanol–water partition coefficient (Wildman–Crippen LogP) is 5.04. The van der Waals surface area contributed by atoms with Crippen molar-refractivity contribution in [3.63, 3.8) is 0 Å². The molecular weight excluding hydrogens is 392 g/mol. The molecule has 0 saturated carbocycles. The number of nitro groups is 1. The Kier molecular flexibility index (Phi) is 4.59. The summed E-state index contributed by atoms with van der Waals surface area (Å²) in [5, 5.41) is 18.3. The second-order valence-electron chi connectivity index (χ2n) is 6.62. The van der Waals surface area contributed by atoms with Crippen LogP contribution in [0.2, 0.25) is 0 Å². The van der Waals surface area contributed by atoms with E-state index in [1.165, 1.54) is 12.1 Å². The average molecular weight is 408 g/mol. The number of hydrogen-bond donors (Lipinski definition) is 1. The fourth-order valence-electron chi connectivity index (χ4n) is 3.02. The van der Waals surface area contributed by atoms with Crippen molar-refractivity contribution >= 4 is 39.7 Å². The lowest BCUT2D eigenvalue weighted by molar-refractivity contribution is -0.384. The standard InChI is InChI=1S/C20H16N4O4S/c1-10-4-6-13(24(26)27)8-15(10)21-19(25)14-9-16(17-7-5-11(2)29-17)22-20-18(14)12(3)23-28-20/h4-9H,1-3H3,(H,21,25). The van der Waals surface area contributed by atoms with Gasteiger partial charge in [0.2, 0.25) is 0 Å². The number of hydrogen-bond acceptors (Lipinski definition) is 7. The molecule has 0 fully saturated rings. The number of carbonyl (C=O) groups excluding carboxylic acids is 1. The normalized spacial score (nSPS) is 11.0. The van der Waals surface area contributed by atoms with Gasteiger partial charge in [0.05, 0.1) is 37.8 Å². The molecule has 1 aromatic carbocycles. The Balaban J connectivity index is 1.80. The molecule has 0 atom stereocenters. The van der Waals surface area contributed by atoms with Crippen LogP contribution in [-0.2, 0) is 0 Å². The zero-order valence-corrected chi connectivity index (χ0v) is 16.7. The van der Waals surface area contributed by atoms with E-state index in [0.29, 0.717) is 33.6 Å². The number of nitro benzene ring substituents is 1. The zero-order chi connectivity index (χ0) is 20.7. The summed E-state index contributed by atoms with van der Waals surface area (Å²) in [7, 11) is 0. The maximum atomic E-state index is 13.1. The van der Waals surface area contributed by atoms with Crippen molar-refractivity contribution in [2.75, 3.05) is 5.32 Å². The summed E-state index contributed by atoms with van der Waals surface area (Å²) in [6, 6.07) is 9.94. The molecule has 0 spiro atoms. The maximum Gasteiger partial charge on any atom is 0.271 e. The Hall–Kier alpha value is -3.59. The van der Waals surface area contributed by atoms with Crippen LogP contribution in [0.15, 0.2) is 40.9 Å². The molecule has 0 unspecified atom stereocenters. The quantitative estimate of drug-likeness (QED) is 0.374. The van der Waals surface area contributed by atoms with Crippen molar-refractivity contribution in [2.45, 2.75) is 20.8 Å². The van der Waals surface area contributed by atoms with Crippen LogP contribution in [0.1, 0.15) is 26.5 Å². The molecule has 4 rings (SSSR count).